The van der Waals surface area contributed by atoms with Crippen LogP contribution in [0.25, 0.3) is 0 Å². The van der Waals surface area contributed by atoms with Crippen molar-refractivity contribution >= 4 is 17.7 Å². The number of unbranched alkanes of at least 4 members (excludes halogenated alkanes) is 1. The van der Waals surface area contributed by atoms with E-state index in [1.807, 2.05) is 19.1 Å². The number of hydrogen-bond donors (Lipinski definition) is 3. The molecule has 0 saturated heterocycles. The number of thioether (sulfide) groups is 1. The summed E-state index contributed by atoms with van der Waals surface area (Å²) in [4.78, 5) is 13.1. The summed E-state index contributed by atoms with van der Waals surface area (Å²) in [5, 5.41) is 17.1. The Kier molecular flexibility index (Phi) is 11.8. The zero-order valence-corrected chi connectivity index (χ0v) is 23.2. The highest BCUT2D eigenvalue weighted by molar-refractivity contribution is 7.98. The van der Waals surface area contributed by atoms with Gasteiger partial charge in [0.05, 0.1) is 12.1 Å². The first-order chi connectivity index (χ1) is 18.3. The van der Waals surface area contributed by atoms with E-state index in [2.05, 4.69) is 36.6 Å². The molecule has 0 aliphatic heterocycles. The average Bonchev–Trinajstić information content (AvgIpc) is 3.26. The number of hydrogen-bond acceptors (Lipinski definition) is 5. The average molecular weight is 545 g/mol. The van der Waals surface area contributed by atoms with Crippen LogP contribution in [0.3, 0.4) is 0 Å². The molecule has 0 unspecified atom stereocenters. The minimum Gasteiger partial charge on any atom is -0.456 e. The topological polar surface area (TPSA) is 74.5 Å². The lowest BCUT2D eigenvalue weighted by Gasteiger charge is -2.24. The van der Waals surface area contributed by atoms with Crippen LogP contribution >= 0.6 is 11.8 Å². The summed E-state index contributed by atoms with van der Waals surface area (Å²) in [5.41, 5.74) is 3.60. The molecule has 0 radical (unpaired) electrons. The van der Waals surface area contributed by atoms with E-state index in [0.29, 0.717) is 17.9 Å². The van der Waals surface area contributed by atoms with E-state index in [9.17, 15) is 18.7 Å². The molecule has 8 heteroatoms. The van der Waals surface area contributed by atoms with Crippen molar-refractivity contribution in [3.63, 3.8) is 0 Å². The number of carbonyl (C=O) groups excluding carboxylic acids is 1. The van der Waals surface area contributed by atoms with Gasteiger partial charge in [0, 0.05) is 30.5 Å². The summed E-state index contributed by atoms with van der Waals surface area (Å²) in [6.07, 6.45) is 2.23. The summed E-state index contributed by atoms with van der Waals surface area (Å²) in [6, 6.07) is 12.3. The molecule has 2 atom stereocenters. The predicted molar refractivity (Wildman–Crippen MR) is 149 cm³/mol. The minimum absolute atomic E-state index is 0.0496. The number of halogens is 2. The lowest BCUT2D eigenvalue weighted by molar-refractivity contribution is 0.0803. The van der Waals surface area contributed by atoms with Crippen LogP contribution in [0.15, 0.2) is 52.9 Å². The van der Waals surface area contributed by atoms with E-state index in [-0.39, 0.29) is 18.7 Å². The van der Waals surface area contributed by atoms with Gasteiger partial charge in [0.1, 0.15) is 17.4 Å². The second kappa shape index (κ2) is 15.0. The van der Waals surface area contributed by atoms with Gasteiger partial charge < -0.3 is 20.2 Å². The summed E-state index contributed by atoms with van der Waals surface area (Å²) >= 11 is 1.79. The Morgan fingerprint density at radius 2 is 1.79 bits per heavy atom. The van der Waals surface area contributed by atoms with Crippen LogP contribution in [0.2, 0.25) is 0 Å². The van der Waals surface area contributed by atoms with Crippen LogP contribution in [0.5, 0.6) is 0 Å². The molecule has 5 nitrogen and oxygen atoms in total. The predicted octanol–water partition coefficient (Wildman–Crippen LogP) is 5.95. The van der Waals surface area contributed by atoms with Gasteiger partial charge in [-0.15, -0.1) is 0 Å². The van der Waals surface area contributed by atoms with Gasteiger partial charge in [-0.05, 0) is 66.8 Å². The molecule has 0 saturated carbocycles. The number of carbonyl (C=O) groups is 1. The van der Waals surface area contributed by atoms with E-state index < -0.39 is 29.7 Å². The van der Waals surface area contributed by atoms with Crippen molar-refractivity contribution < 1.29 is 23.1 Å². The van der Waals surface area contributed by atoms with Crippen LogP contribution in [0, 0.1) is 18.6 Å². The molecule has 0 spiro atoms. The standard InChI is InChI=1S/C30H38F2N2O3S/c1-4-6-10-38-19-24-15-29(37-20(24)3)30(36)34-27(14-23-12-25(31)16-26(32)13-23)28(35)18-33-17-22-9-7-8-21(5-2)11-22/h7-9,11-13,15-16,27-28,33,35H,4-6,10,14,17-19H2,1-3H3,(H,34,36)/t27-,28-/m0/s1. The number of aryl methyl sites for hydroxylation is 2. The molecular formula is C30H38F2N2O3S. The van der Waals surface area contributed by atoms with E-state index in [0.717, 1.165) is 48.0 Å². The zero-order chi connectivity index (χ0) is 27.5. The summed E-state index contributed by atoms with van der Waals surface area (Å²) in [7, 11) is 0. The third-order valence-corrected chi connectivity index (χ3v) is 7.48. The van der Waals surface area contributed by atoms with Crippen LogP contribution in [0.4, 0.5) is 8.78 Å². The Morgan fingerprint density at radius 3 is 2.50 bits per heavy atom. The highest BCUT2D eigenvalue weighted by Gasteiger charge is 2.25. The molecule has 0 fully saturated rings. The molecule has 0 aliphatic carbocycles. The maximum Gasteiger partial charge on any atom is 0.287 e. The molecule has 3 N–H and O–H groups in total. The summed E-state index contributed by atoms with van der Waals surface area (Å²) in [5.74, 6) is 0.729. The molecule has 2 aromatic carbocycles. The van der Waals surface area contributed by atoms with Crippen LogP contribution in [-0.2, 0) is 25.1 Å². The second-order valence-corrected chi connectivity index (χ2v) is 10.6. The van der Waals surface area contributed by atoms with Gasteiger partial charge in [0.2, 0.25) is 0 Å². The first-order valence-corrected chi connectivity index (χ1v) is 14.3. The van der Waals surface area contributed by atoms with E-state index in [4.69, 9.17) is 4.42 Å². The monoisotopic (exact) mass is 544 g/mol. The van der Waals surface area contributed by atoms with Gasteiger partial charge in [-0.3, -0.25) is 4.79 Å². The number of benzene rings is 2. The van der Waals surface area contributed by atoms with Crippen LogP contribution in [0.1, 0.15) is 65.3 Å². The van der Waals surface area contributed by atoms with Crippen molar-refractivity contribution in [1.29, 1.82) is 0 Å². The van der Waals surface area contributed by atoms with Gasteiger partial charge in [0.25, 0.3) is 5.91 Å². The maximum absolute atomic E-state index is 13.8. The van der Waals surface area contributed by atoms with Gasteiger partial charge in [-0.25, -0.2) is 8.78 Å². The lowest BCUT2D eigenvalue weighted by atomic mass is 10.00. The van der Waals surface area contributed by atoms with E-state index in [1.165, 1.54) is 17.7 Å². The lowest BCUT2D eigenvalue weighted by Crippen LogP contribution is -2.48. The molecule has 1 heterocycles. The SMILES string of the molecule is CCCCSCc1cc(C(=O)N[C@@H](Cc2cc(F)cc(F)c2)[C@@H](O)CNCc2cccc(CC)c2)oc1C. The first kappa shape index (κ1) is 29.9. The molecule has 0 bridgehead atoms. The molecule has 206 valence electrons. The summed E-state index contributed by atoms with van der Waals surface area (Å²) in [6.45, 7) is 6.78. The molecule has 1 aromatic heterocycles. The third-order valence-electron chi connectivity index (χ3n) is 6.39. The highest BCUT2D eigenvalue weighted by Crippen LogP contribution is 2.22. The van der Waals surface area contributed by atoms with Crippen LogP contribution in [-0.4, -0.2) is 35.5 Å². The summed E-state index contributed by atoms with van der Waals surface area (Å²) < 4.78 is 33.4. The molecule has 1 amide bonds. The number of rotatable bonds is 15. The fourth-order valence-corrected chi connectivity index (χ4v) is 5.32. The molecule has 38 heavy (non-hydrogen) atoms. The maximum atomic E-state index is 13.8. The minimum atomic E-state index is -1.01. The van der Waals surface area contributed by atoms with Crippen LogP contribution < -0.4 is 10.6 Å². The van der Waals surface area contributed by atoms with E-state index >= 15 is 0 Å². The largest absolute Gasteiger partial charge is 0.456 e. The van der Waals surface area contributed by atoms with Crippen molar-refractivity contribution in [2.75, 3.05) is 12.3 Å². The highest BCUT2D eigenvalue weighted by atomic mass is 32.2. The van der Waals surface area contributed by atoms with E-state index in [1.54, 1.807) is 17.8 Å². The van der Waals surface area contributed by atoms with Crippen molar-refractivity contribution in [2.24, 2.45) is 0 Å². The van der Waals surface area contributed by atoms with Gasteiger partial charge in [-0.2, -0.15) is 11.8 Å². The molecular weight excluding hydrogens is 506 g/mol. The fraction of sp³-hybridized carbons (Fsp3) is 0.433. The van der Waals surface area contributed by atoms with Crippen molar-refractivity contribution in [2.45, 2.75) is 70.9 Å². The Bertz CT molecular complexity index is 1160. The Labute approximate surface area is 228 Å². The van der Waals surface area contributed by atoms with Crippen molar-refractivity contribution in [1.82, 2.24) is 10.6 Å². The number of furan rings is 1. The number of nitrogens with one attached hydrogen (secondary N) is 2. The Morgan fingerprint density at radius 1 is 1.05 bits per heavy atom. The van der Waals surface area contributed by atoms with Crippen molar-refractivity contribution in [3.8, 4) is 0 Å². The first-order valence-electron chi connectivity index (χ1n) is 13.2. The quantitative estimate of drug-likeness (QED) is 0.206. The molecule has 0 aliphatic rings. The fourth-order valence-electron chi connectivity index (χ4n) is 4.18. The van der Waals surface area contributed by atoms with Gasteiger partial charge >= 0.3 is 0 Å². The smallest absolute Gasteiger partial charge is 0.287 e. The second-order valence-electron chi connectivity index (χ2n) is 9.53. The zero-order valence-electron chi connectivity index (χ0n) is 22.4. The van der Waals surface area contributed by atoms with Crippen molar-refractivity contribution in [3.05, 3.63) is 93.9 Å². The number of aliphatic hydroxyl groups is 1. The Balaban J connectivity index is 1.69. The Hall–Kier alpha value is -2.68. The normalized spacial score (nSPS) is 12.9. The van der Waals surface area contributed by atoms with Gasteiger partial charge in [-0.1, -0.05) is 44.5 Å². The molecule has 3 aromatic rings. The van der Waals surface area contributed by atoms with Gasteiger partial charge in [0.15, 0.2) is 5.76 Å². The number of aliphatic hydroxyl groups excluding tert-OH is 1. The number of amides is 1. The molecule has 3 rings (SSSR count). The third kappa shape index (κ3) is 9.26.